The molecule has 0 atom stereocenters. The Bertz CT molecular complexity index is 1350. The van der Waals surface area contributed by atoms with Gasteiger partial charge in [-0.15, -0.1) is 0 Å². The molecule has 0 radical (unpaired) electrons. The number of aromatic nitrogens is 2. The smallest absolute Gasteiger partial charge is 0.247 e. The van der Waals surface area contributed by atoms with Gasteiger partial charge in [-0.1, -0.05) is 36.9 Å². The number of amides is 1. The third-order valence-corrected chi connectivity index (χ3v) is 5.81. The molecule has 0 bridgehead atoms. The number of nitrogens with one attached hydrogen (secondary N) is 3. The van der Waals surface area contributed by atoms with E-state index in [9.17, 15) is 4.79 Å². The first-order chi connectivity index (χ1) is 16.6. The van der Waals surface area contributed by atoms with E-state index in [0.717, 1.165) is 46.5 Å². The fraction of sp³-hybridized carbons (Fsp3) is 0.148. The van der Waals surface area contributed by atoms with Crippen LogP contribution in [0.5, 0.6) is 0 Å². The number of nitrogens with zero attached hydrogens (tertiary/aromatic N) is 3. The van der Waals surface area contributed by atoms with Gasteiger partial charge in [0.1, 0.15) is 0 Å². The van der Waals surface area contributed by atoms with Crippen LogP contribution in [0.4, 0.5) is 23.0 Å². The quantitative estimate of drug-likeness (QED) is 0.348. The third kappa shape index (κ3) is 4.74. The molecular weight excluding hydrogens is 424 g/mol. The van der Waals surface area contributed by atoms with Crippen LogP contribution in [0.3, 0.4) is 0 Å². The predicted molar refractivity (Wildman–Crippen MR) is 138 cm³/mol. The lowest BCUT2D eigenvalue weighted by molar-refractivity contribution is -0.111. The number of para-hydroxylation sites is 1. The van der Waals surface area contributed by atoms with Crippen molar-refractivity contribution in [3.63, 3.8) is 0 Å². The molecule has 0 spiro atoms. The zero-order chi connectivity index (χ0) is 23.5. The van der Waals surface area contributed by atoms with Crippen LogP contribution in [-0.2, 0) is 4.79 Å². The Morgan fingerprint density at radius 1 is 1.03 bits per heavy atom. The highest BCUT2D eigenvalue weighted by Crippen LogP contribution is 2.30. The van der Waals surface area contributed by atoms with Gasteiger partial charge in [0, 0.05) is 47.3 Å². The number of carbonyl (C=O) groups excluding carboxylic acids is 1. The summed E-state index contributed by atoms with van der Waals surface area (Å²) in [5.74, 6) is 0.280. The maximum atomic E-state index is 11.7. The number of fused-ring (bicyclic) bond motifs is 1. The van der Waals surface area contributed by atoms with Crippen molar-refractivity contribution in [3.8, 4) is 11.1 Å². The van der Waals surface area contributed by atoms with Crippen molar-refractivity contribution < 1.29 is 4.79 Å². The molecule has 2 heterocycles. The topological polar surface area (TPSA) is 82.2 Å². The fourth-order valence-electron chi connectivity index (χ4n) is 4.11. The molecule has 0 saturated carbocycles. The van der Waals surface area contributed by atoms with E-state index >= 15 is 0 Å². The Morgan fingerprint density at radius 3 is 2.56 bits per heavy atom. The lowest BCUT2D eigenvalue weighted by atomic mass is 10.0. The maximum Gasteiger partial charge on any atom is 0.247 e. The van der Waals surface area contributed by atoms with Crippen molar-refractivity contribution in [2.45, 2.75) is 6.04 Å². The second kappa shape index (κ2) is 9.33. The van der Waals surface area contributed by atoms with Gasteiger partial charge in [-0.05, 0) is 55.1 Å². The van der Waals surface area contributed by atoms with E-state index in [1.54, 1.807) is 0 Å². The van der Waals surface area contributed by atoms with Crippen molar-refractivity contribution >= 4 is 39.8 Å². The van der Waals surface area contributed by atoms with E-state index in [1.165, 1.54) is 6.08 Å². The summed E-state index contributed by atoms with van der Waals surface area (Å²) in [6.45, 7) is 5.64. The SMILES string of the molecule is C=CC(=O)Nc1cccc(-c2cccc3cnc(Nc4ccc(NC5CN(C)C5)cc4)nc23)c1. The Morgan fingerprint density at radius 2 is 1.79 bits per heavy atom. The number of likely N-dealkylation sites (tertiary alicyclic amines) is 1. The molecule has 0 unspecified atom stereocenters. The van der Waals surface area contributed by atoms with Crippen LogP contribution in [0.25, 0.3) is 22.0 Å². The standard InChI is InChI=1S/C27H26N6O/c1-3-25(34)30-22-8-4-6-18(14-22)24-9-5-7-19-15-28-27(32-26(19)24)31-21-12-10-20(11-13-21)29-23-16-33(2)17-23/h3-15,23,29H,1,16-17H2,2H3,(H,30,34)(H,28,31,32). The van der Waals surface area contributed by atoms with Crippen molar-refractivity contribution in [1.82, 2.24) is 14.9 Å². The number of benzene rings is 3. The maximum absolute atomic E-state index is 11.7. The van der Waals surface area contributed by atoms with Crippen LogP contribution >= 0.6 is 0 Å². The number of likely N-dealkylation sites (N-methyl/N-ethyl adjacent to an activating group) is 1. The normalized spacial score (nSPS) is 13.8. The van der Waals surface area contributed by atoms with Crippen molar-refractivity contribution in [2.75, 3.05) is 36.1 Å². The largest absolute Gasteiger partial charge is 0.380 e. The molecule has 5 rings (SSSR count). The van der Waals surface area contributed by atoms with E-state index in [2.05, 4.69) is 51.6 Å². The Balaban J connectivity index is 1.38. The molecule has 34 heavy (non-hydrogen) atoms. The Hall–Kier alpha value is -4.23. The predicted octanol–water partition coefficient (Wildman–Crippen LogP) is 4.89. The van der Waals surface area contributed by atoms with Crippen LogP contribution in [0, 0.1) is 0 Å². The lowest BCUT2D eigenvalue weighted by Gasteiger charge is -2.37. The molecule has 7 nitrogen and oxygen atoms in total. The highest BCUT2D eigenvalue weighted by atomic mass is 16.1. The van der Waals surface area contributed by atoms with Crippen LogP contribution in [-0.4, -0.2) is 47.0 Å². The first-order valence-electron chi connectivity index (χ1n) is 11.2. The van der Waals surface area contributed by atoms with Gasteiger partial charge in [-0.3, -0.25) is 4.79 Å². The average molecular weight is 451 g/mol. The molecule has 1 aliphatic rings. The molecule has 3 N–H and O–H groups in total. The second-order valence-electron chi connectivity index (χ2n) is 8.48. The minimum atomic E-state index is -0.245. The first kappa shape index (κ1) is 21.6. The highest BCUT2D eigenvalue weighted by molar-refractivity contribution is 6.00. The van der Waals surface area contributed by atoms with Gasteiger partial charge in [-0.25, -0.2) is 9.97 Å². The van der Waals surface area contributed by atoms with E-state index in [1.807, 2.05) is 60.8 Å². The molecule has 0 aliphatic carbocycles. The Labute approximate surface area is 198 Å². The zero-order valence-corrected chi connectivity index (χ0v) is 19.0. The molecule has 7 heteroatoms. The molecule has 1 saturated heterocycles. The van der Waals surface area contributed by atoms with Gasteiger partial charge in [-0.2, -0.15) is 0 Å². The van der Waals surface area contributed by atoms with Gasteiger partial charge in [0.05, 0.1) is 11.6 Å². The third-order valence-electron chi connectivity index (χ3n) is 5.81. The van der Waals surface area contributed by atoms with E-state index in [-0.39, 0.29) is 5.91 Å². The van der Waals surface area contributed by atoms with Crippen LogP contribution in [0.15, 0.2) is 85.6 Å². The molecule has 1 aromatic heterocycles. The van der Waals surface area contributed by atoms with Crippen LogP contribution in [0.2, 0.25) is 0 Å². The minimum absolute atomic E-state index is 0.245. The Kier molecular flexibility index (Phi) is 5.93. The molecule has 1 fully saturated rings. The molecular formula is C27H26N6O. The second-order valence-corrected chi connectivity index (χ2v) is 8.48. The first-order valence-corrected chi connectivity index (χ1v) is 11.2. The number of hydrogen-bond acceptors (Lipinski definition) is 6. The van der Waals surface area contributed by atoms with Crippen molar-refractivity contribution in [3.05, 3.63) is 85.6 Å². The zero-order valence-electron chi connectivity index (χ0n) is 19.0. The number of carbonyl (C=O) groups is 1. The van der Waals surface area contributed by atoms with Gasteiger partial charge in [0.15, 0.2) is 0 Å². The van der Waals surface area contributed by atoms with E-state index in [0.29, 0.717) is 17.7 Å². The highest BCUT2D eigenvalue weighted by Gasteiger charge is 2.22. The molecule has 170 valence electrons. The number of anilines is 4. The van der Waals surface area contributed by atoms with Gasteiger partial charge >= 0.3 is 0 Å². The van der Waals surface area contributed by atoms with E-state index in [4.69, 9.17) is 4.98 Å². The summed E-state index contributed by atoms with van der Waals surface area (Å²) in [5.41, 5.74) is 5.47. The van der Waals surface area contributed by atoms with Crippen molar-refractivity contribution in [1.29, 1.82) is 0 Å². The van der Waals surface area contributed by atoms with E-state index < -0.39 is 0 Å². The average Bonchev–Trinajstić information content (AvgIpc) is 2.84. The lowest BCUT2D eigenvalue weighted by Crippen LogP contribution is -2.52. The molecule has 4 aromatic rings. The fourth-order valence-corrected chi connectivity index (χ4v) is 4.11. The summed E-state index contributed by atoms with van der Waals surface area (Å²) in [5, 5.41) is 10.6. The summed E-state index contributed by atoms with van der Waals surface area (Å²) in [7, 11) is 2.12. The summed E-state index contributed by atoms with van der Waals surface area (Å²) in [6.07, 6.45) is 3.07. The van der Waals surface area contributed by atoms with Crippen LogP contribution in [0.1, 0.15) is 0 Å². The number of hydrogen-bond donors (Lipinski definition) is 3. The molecule has 1 amide bonds. The van der Waals surface area contributed by atoms with Crippen LogP contribution < -0.4 is 16.0 Å². The summed E-state index contributed by atoms with van der Waals surface area (Å²) in [6, 6.07) is 22.4. The summed E-state index contributed by atoms with van der Waals surface area (Å²) in [4.78, 5) is 23.3. The molecule has 3 aromatic carbocycles. The van der Waals surface area contributed by atoms with Gasteiger partial charge < -0.3 is 20.9 Å². The monoisotopic (exact) mass is 450 g/mol. The minimum Gasteiger partial charge on any atom is -0.380 e. The molecule has 1 aliphatic heterocycles. The summed E-state index contributed by atoms with van der Waals surface area (Å²) >= 11 is 0. The van der Waals surface area contributed by atoms with Gasteiger partial charge in [0.25, 0.3) is 0 Å². The van der Waals surface area contributed by atoms with Crippen molar-refractivity contribution in [2.24, 2.45) is 0 Å². The summed E-state index contributed by atoms with van der Waals surface area (Å²) < 4.78 is 0. The number of rotatable bonds is 7. The van der Waals surface area contributed by atoms with Gasteiger partial charge in [0.2, 0.25) is 11.9 Å².